The van der Waals surface area contributed by atoms with Gasteiger partial charge >= 0.3 is 0 Å². The van der Waals surface area contributed by atoms with Gasteiger partial charge in [-0.05, 0) is 37.5 Å². The highest BCUT2D eigenvalue weighted by molar-refractivity contribution is 8.00. The molecule has 3 nitrogen and oxygen atoms in total. The normalized spacial score (nSPS) is 14.6. The number of amides is 1. The lowest BCUT2D eigenvalue weighted by atomic mass is 10.2. The van der Waals surface area contributed by atoms with Crippen LogP contribution >= 0.6 is 11.8 Å². The monoisotopic (exact) mass is 265 g/mol. The Morgan fingerprint density at radius 2 is 2.06 bits per heavy atom. The molecular formula is C14H19NO2S. The fraction of sp³-hybridized carbons (Fsp3) is 0.500. The number of benzene rings is 1. The predicted molar refractivity (Wildman–Crippen MR) is 73.5 cm³/mol. The Hall–Kier alpha value is -1.00. The Labute approximate surface area is 112 Å². The summed E-state index contributed by atoms with van der Waals surface area (Å²) in [6.07, 6.45) is 2.32. The lowest BCUT2D eigenvalue weighted by Gasteiger charge is -2.19. The zero-order valence-electron chi connectivity index (χ0n) is 10.6. The van der Waals surface area contributed by atoms with E-state index in [1.807, 2.05) is 36.1 Å². The van der Waals surface area contributed by atoms with Crippen LogP contribution in [0.3, 0.4) is 0 Å². The second kappa shape index (κ2) is 6.25. The summed E-state index contributed by atoms with van der Waals surface area (Å²) in [6, 6.07) is 8.20. The highest BCUT2D eigenvalue weighted by atomic mass is 32.2. The van der Waals surface area contributed by atoms with E-state index in [9.17, 15) is 4.79 Å². The van der Waals surface area contributed by atoms with Gasteiger partial charge in [-0.3, -0.25) is 4.79 Å². The summed E-state index contributed by atoms with van der Waals surface area (Å²) in [5.41, 5.74) is 0.902. The smallest absolute Gasteiger partial charge is 0.233 e. The van der Waals surface area contributed by atoms with Crippen molar-refractivity contribution in [3.8, 4) is 0 Å². The molecule has 1 N–H and O–H groups in total. The summed E-state index contributed by atoms with van der Waals surface area (Å²) in [7, 11) is 0. The van der Waals surface area contributed by atoms with Gasteiger partial charge in [0.15, 0.2) is 0 Å². The summed E-state index contributed by atoms with van der Waals surface area (Å²) in [5, 5.41) is 8.95. The largest absolute Gasteiger partial charge is 0.392 e. The fourth-order valence-electron chi connectivity index (χ4n) is 1.94. The molecule has 4 heteroatoms. The van der Waals surface area contributed by atoms with E-state index in [0.717, 1.165) is 29.8 Å². The second-order valence-electron chi connectivity index (χ2n) is 4.50. The van der Waals surface area contributed by atoms with Gasteiger partial charge in [0.05, 0.1) is 12.4 Å². The van der Waals surface area contributed by atoms with Gasteiger partial charge in [0, 0.05) is 17.5 Å². The average Bonchev–Trinajstić information content (AvgIpc) is 3.22. The number of aliphatic hydroxyl groups is 1. The highest BCUT2D eigenvalue weighted by Crippen LogP contribution is 2.28. The maximum Gasteiger partial charge on any atom is 0.233 e. The zero-order chi connectivity index (χ0) is 13.0. The highest BCUT2D eigenvalue weighted by Gasteiger charge is 2.30. The van der Waals surface area contributed by atoms with Crippen LogP contribution in [0.4, 0.5) is 0 Å². The van der Waals surface area contributed by atoms with Gasteiger partial charge < -0.3 is 10.0 Å². The van der Waals surface area contributed by atoms with E-state index in [-0.39, 0.29) is 12.5 Å². The lowest BCUT2D eigenvalue weighted by molar-refractivity contribution is -0.128. The lowest BCUT2D eigenvalue weighted by Crippen LogP contribution is -2.34. The van der Waals surface area contributed by atoms with Crippen LogP contribution in [-0.4, -0.2) is 34.3 Å². The van der Waals surface area contributed by atoms with Gasteiger partial charge in [-0.2, -0.15) is 0 Å². The molecule has 0 radical (unpaired) electrons. The molecule has 0 aromatic heterocycles. The summed E-state index contributed by atoms with van der Waals surface area (Å²) < 4.78 is 0. The number of aliphatic hydroxyl groups excluding tert-OH is 1. The maximum absolute atomic E-state index is 12.0. The minimum Gasteiger partial charge on any atom is -0.392 e. The summed E-state index contributed by atoms with van der Waals surface area (Å²) in [4.78, 5) is 15.1. The number of hydrogen-bond donors (Lipinski definition) is 1. The van der Waals surface area contributed by atoms with Crippen molar-refractivity contribution in [1.29, 1.82) is 0 Å². The molecule has 1 aliphatic carbocycles. The van der Waals surface area contributed by atoms with Gasteiger partial charge in [0.2, 0.25) is 5.91 Å². The van der Waals surface area contributed by atoms with Gasteiger partial charge in [-0.25, -0.2) is 0 Å². The number of carbonyl (C=O) groups is 1. The standard InChI is InChI=1S/C14H19NO2S/c1-2-15(12-5-6-12)14(17)10-18-13-7-3-11(9-16)4-8-13/h3-4,7-8,12,16H,2,5-6,9-10H2,1H3. The average molecular weight is 265 g/mol. The molecule has 0 spiro atoms. The van der Waals surface area contributed by atoms with Crippen molar-refractivity contribution in [3.63, 3.8) is 0 Å². The SMILES string of the molecule is CCN(C(=O)CSc1ccc(CO)cc1)C1CC1. The first-order chi connectivity index (χ1) is 8.74. The molecule has 0 atom stereocenters. The van der Waals surface area contributed by atoms with Gasteiger partial charge in [0.1, 0.15) is 0 Å². The molecule has 1 fully saturated rings. The molecule has 0 saturated heterocycles. The molecule has 18 heavy (non-hydrogen) atoms. The van der Waals surface area contributed by atoms with Crippen LogP contribution < -0.4 is 0 Å². The number of nitrogens with zero attached hydrogens (tertiary/aromatic N) is 1. The van der Waals surface area contributed by atoms with E-state index in [4.69, 9.17) is 5.11 Å². The first-order valence-corrected chi connectivity index (χ1v) is 7.35. The van der Waals surface area contributed by atoms with Crippen molar-refractivity contribution in [2.45, 2.75) is 37.3 Å². The Morgan fingerprint density at radius 3 is 2.56 bits per heavy atom. The summed E-state index contributed by atoms with van der Waals surface area (Å²) in [5.74, 6) is 0.735. The Balaban J connectivity index is 1.84. The quantitative estimate of drug-likeness (QED) is 0.802. The fourth-order valence-corrected chi connectivity index (χ4v) is 2.73. The molecule has 1 aromatic carbocycles. The van der Waals surface area contributed by atoms with Crippen LogP contribution in [0.15, 0.2) is 29.2 Å². The van der Waals surface area contributed by atoms with Crippen molar-refractivity contribution in [1.82, 2.24) is 4.90 Å². The molecule has 1 aliphatic rings. The Morgan fingerprint density at radius 1 is 1.39 bits per heavy atom. The van der Waals surface area contributed by atoms with E-state index < -0.39 is 0 Å². The number of thioether (sulfide) groups is 1. The minimum atomic E-state index is 0.0647. The molecular weight excluding hydrogens is 246 g/mol. The van der Waals surface area contributed by atoms with Crippen molar-refractivity contribution in [3.05, 3.63) is 29.8 Å². The van der Waals surface area contributed by atoms with Crippen LogP contribution in [0.1, 0.15) is 25.3 Å². The van der Waals surface area contributed by atoms with Crippen LogP contribution in [-0.2, 0) is 11.4 Å². The molecule has 98 valence electrons. The van der Waals surface area contributed by atoms with Crippen LogP contribution in [0, 0.1) is 0 Å². The molecule has 0 heterocycles. The third kappa shape index (κ3) is 3.50. The van der Waals surface area contributed by atoms with Crippen LogP contribution in [0.25, 0.3) is 0 Å². The van der Waals surface area contributed by atoms with Gasteiger partial charge in [-0.1, -0.05) is 12.1 Å². The molecule has 0 unspecified atom stereocenters. The van der Waals surface area contributed by atoms with Gasteiger partial charge in [-0.15, -0.1) is 11.8 Å². The Bertz CT molecular complexity index is 401. The molecule has 0 bridgehead atoms. The molecule has 1 saturated carbocycles. The third-order valence-electron chi connectivity index (χ3n) is 3.12. The second-order valence-corrected chi connectivity index (χ2v) is 5.55. The molecule has 1 amide bonds. The first kappa shape index (κ1) is 13.4. The van der Waals surface area contributed by atoms with E-state index in [2.05, 4.69) is 0 Å². The maximum atomic E-state index is 12.0. The molecule has 1 aromatic rings. The van der Waals surface area contributed by atoms with E-state index in [1.54, 1.807) is 11.8 Å². The third-order valence-corrected chi connectivity index (χ3v) is 4.11. The summed E-state index contributed by atoms with van der Waals surface area (Å²) >= 11 is 1.56. The zero-order valence-corrected chi connectivity index (χ0v) is 11.4. The van der Waals surface area contributed by atoms with Crippen molar-refractivity contribution >= 4 is 17.7 Å². The van der Waals surface area contributed by atoms with Crippen molar-refractivity contribution in [2.24, 2.45) is 0 Å². The number of hydrogen-bond acceptors (Lipinski definition) is 3. The van der Waals surface area contributed by atoms with Crippen molar-refractivity contribution < 1.29 is 9.90 Å². The van der Waals surface area contributed by atoms with Crippen LogP contribution in [0.5, 0.6) is 0 Å². The van der Waals surface area contributed by atoms with E-state index >= 15 is 0 Å². The van der Waals surface area contributed by atoms with E-state index in [1.165, 1.54) is 0 Å². The molecule has 2 rings (SSSR count). The van der Waals surface area contributed by atoms with E-state index in [0.29, 0.717) is 11.8 Å². The van der Waals surface area contributed by atoms with Crippen LogP contribution in [0.2, 0.25) is 0 Å². The number of carbonyl (C=O) groups excluding carboxylic acids is 1. The number of rotatable bonds is 6. The van der Waals surface area contributed by atoms with Gasteiger partial charge in [0.25, 0.3) is 0 Å². The topological polar surface area (TPSA) is 40.5 Å². The first-order valence-electron chi connectivity index (χ1n) is 6.36. The summed E-state index contributed by atoms with van der Waals surface area (Å²) in [6.45, 7) is 2.92. The Kier molecular flexibility index (Phi) is 4.66. The van der Waals surface area contributed by atoms with Crippen molar-refractivity contribution in [2.75, 3.05) is 12.3 Å². The minimum absolute atomic E-state index is 0.0647. The molecule has 0 aliphatic heterocycles. The predicted octanol–water partition coefficient (Wildman–Crippen LogP) is 2.28.